The van der Waals surface area contributed by atoms with Gasteiger partial charge in [0.15, 0.2) is 5.75 Å². The molecule has 0 radical (unpaired) electrons. The average molecular weight is 257 g/mol. The molecular weight excluding hydrogens is 248 g/mol. The van der Waals surface area contributed by atoms with E-state index in [0.717, 1.165) is 4.47 Å². The molecule has 3 nitrogen and oxygen atoms in total. The van der Waals surface area contributed by atoms with Crippen molar-refractivity contribution in [1.29, 1.82) is 0 Å². The van der Waals surface area contributed by atoms with Crippen molar-refractivity contribution in [3.05, 3.63) is 28.2 Å². The van der Waals surface area contributed by atoms with E-state index in [9.17, 15) is 4.79 Å². The van der Waals surface area contributed by atoms with Gasteiger partial charge in [-0.05, 0) is 28.1 Å². The standard InChI is InChI=1S/C10H9BrO3/c1-10(2)13-8-6(9(12)14-10)4-3-5-7(8)11/h3-5H,1-2H3. The summed E-state index contributed by atoms with van der Waals surface area (Å²) in [6.45, 7) is 3.40. The first-order chi connectivity index (χ1) is 6.49. The molecule has 0 amide bonds. The number of hydrogen-bond acceptors (Lipinski definition) is 3. The number of para-hydroxylation sites is 1. The summed E-state index contributed by atoms with van der Waals surface area (Å²) in [5, 5.41) is 0. The van der Waals surface area contributed by atoms with Crippen LogP contribution in [0, 0.1) is 0 Å². The van der Waals surface area contributed by atoms with E-state index in [2.05, 4.69) is 15.9 Å². The Labute approximate surface area is 90.1 Å². The highest BCUT2D eigenvalue weighted by molar-refractivity contribution is 9.10. The van der Waals surface area contributed by atoms with Crippen LogP contribution in [0.3, 0.4) is 0 Å². The number of halogens is 1. The third-order valence-electron chi connectivity index (χ3n) is 1.87. The smallest absolute Gasteiger partial charge is 0.345 e. The molecule has 0 fully saturated rings. The molecule has 1 aliphatic heterocycles. The van der Waals surface area contributed by atoms with Crippen LogP contribution >= 0.6 is 15.9 Å². The van der Waals surface area contributed by atoms with Crippen LogP contribution in [-0.4, -0.2) is 11.8 Å². The van der Waals surface area contributed by atoms with Crippen molar-refractivity contribution >= 4 is 21.9 Å². The Hall–Kier alpha value is -1.03. The first kappa shape index (κ1) is 9.52. The zero-order chi connectivity index (χ0) is 10.3. The number of carbonyl (C=O) groups is 1. The van der Waals surface area contributed by atoms with Crippen LogP contribution < -0.4 is 4.74 Å². The van der Waals surface area contributed by atoms with Gasteiger partial charge in [0.05, 0.1) is 4.47 Å². The van der Waals surface area contributed by atoms with Gasteiger partial charge in [0, 0.05) is 13.8 Å². The second kappa shape index (κ2) is 2.98. The molecule has 0 atom stereocenters. The van der Waals surface area contributed by atoms with Crippen molar-refractivity contribution in [3.63, 3.8) is 0 Å². The lowest BCUT2D eigenvalue weighted by Gasteiger charge is -2.32. The van der Waals surface area contributed by atoms with Gasteiger partial charge in [0.1, 0.15) is 5.56 Å². The van der Waals surface area contributed by atoms with Crippen LogP contribution in [0.5, 0.6) is 5.75 Å². The number of fused-ring (bicyclic) bond motifs is 1. The van der Waals surface area contributed by atoms with Gasteiger partial charge in [0.2, 0.25) is 5.79 Å². The molecule has 1 aromatic rings. The van der Waals surface area contributed by atoms with Crippen molar-refractivity contribution in [3.8, 4) is 5.75 Å². The van der Waals surface area contributed by atoms with Gasteiger partial charge in [-0.2, -0.15) is 0 Å². The molecule has 0 unspecified atom stereocenters. The number of cyclic esters (lactones) is 1. The Morgan fingerprint density at radius 1 is 1.29 bits per heavy atom. The molecule has 0 bridgehead atoms. The van der Waals surface area contributed by atoms with Gasteiger partial charge in [-0.1, -0.05) is 6.07 Å². The maximum atomic E-state index is 11.5. The SMILES string of the molecule is CC1(C)OC(=O)c2cccc(Br)c2O1. The van der Waals surface area contributed by atoms with Crippen molar-refractivity contribution in [1.82, 2.24) is 0 Å². The Kier molecular flexibility index (Phi) is 2.03. The molecule has 1 aromatic carbocycles. The Morgan fingerprint density at radius 3 is 2.71 bits per heavy atom. The van der Waals surface area contributed by atoms with E-state index in [1.807, 2.05) is 6.07 Å². The Bertz CT molecular complexity index is 398. The highest BCUT2D eigenvalue weighted by atomic mass is 79.9. The summed E-state index contributed by atoms with van der Waals surface area (Å²) in [7, 11) is 0. The van der Waals surface area contributed by atoms with Crippen LogP contribution in [-0.2, 0) is 4.74 Å². The fourth-order valence-electron chi connectivity index (χ4n) is 1.32. The van der Waals surface area contributed by atoms with Crippen LogP contribution in [0.25, 0.3) is 0 Å². The van der Waals surface area contributed by atoms with E-state index < -0.39 is 5.79 Å². The minimum atomic E-state index is -0.895. The van der Waals surface area contributed by atoms with Crippen molar-refractivity contribution in [2.75, 3.05) is 0 Å². The maximum absolute atomic E-state index is 11.5. The first-order valence-corrected chi connectivity index (χ1v) is 5.00. The van der Waals surface area contributed by atoms with Crippen molar-refractivity contribution < 1.29 is 14.3 Å². The van der Waals surface area contributed by atoms with E-state index in [0.29, 0.717) is 11.3 Å². The van der Waals surface area contributed by atoms with Crippen molar-refractivity contribution in [2.45, 2.75) is 19.6 Å². The summed E-state index contributed by atoms with van der Waals surface area (Å²) in [5.41, 5.74) is 0.457. The lowest BCUT2D eigenvalue weighted by atomic mass is 10.1. The number of esters is 1. The van der Waals surface area contributed by atoms with Crippen LogP contribution in [0.15, 0.2) is 22.7 Å². The Balaban J connectivity index is 2.56. The Morgan fingerprint density at radius 2 is 2.00 bits per heavy atom. The zero-order valence-electron chi connectivity index (χ0n) is 7.83. The predicted octanol–water partition coefficient (Wildman–Crippen LogP) is 2.73. The number of rotatable bonds is 0. The molecule has 4 heteroatoms. The maximum Gasteiger partial charge on any atom is 0.345 e. The number of benzene rings is 1. The number of hydrogen-bond donors (Lipinski definition) is 0. The van der Waals surface area contributed by atoms with Crippen molar-refractivity contribution in [2.24, 2.45) is 0 Å². The summed E-state index contributed by atoms with van der Waals surface area (Å²) >= 11 is 3.33. The number of carbonyl (C=O) groups excluding carboxylic acids is 1. The fourth-order valence-corrected chi connectivity index (χ4v) is 1.77. The molecule has 0 aliphatic carbocycles. The van der Waals surface area contributed by atoms with Crippen LogP contribution in [0.4, 0.5) is 0 Å². The summed E-state index contributed by atoms with van der Waals surface area (Å²) in [6.07, 6.45) is 0. The van der Waals surface area contributed by atoms with Gasteiger partial charge in [-0.25, -0.2) is 4.79 Å². The van der Waals surface area contributed by atoms with E-state index in [1.54, 1.807) is 26.0 Å². The number of ether oxygens (including phenoxy) is 2. The second-order valence-corrected chi connectivity index (χ2v) is 4.36. The summed E-state index contributed by atoms with van der Waals surface area (Å²) < 4.78 is 11.4. The largest absolute Gasteiger partial charge is 0.451 e. The van der Waals surface area contributed by atoms with Gasteiger partial charge in [-0.15, -0.1) is 0 Å². The van der Waals surface area contributed by atoms with Crippen LogP contribution in [0.2, 0.25) is 0 Å². The molecule has 1 heterocycles. The average Bonchev–Trinajstić information content (AvgIpc) is 2.05. The molecule has 14 heavy (non-hydrogen) atoms. The lowest BCUT2D eigenvalue weighted by molar-refractivity contribution is -0.127. The summed E-state index contributed by atoms with van der Waals surface area (Å²) in [5.74, 6) is -0.695. The third kappa shape index (κ3) is 1.50. The monoisotopic (exact) mass is 256 g/mol. The third-order valence-corrected chi connectivity index (χ3v) is 2.50. The van der Waals surface area contributed by atoms with E-state index in [-0.39, 0.29) is 5.97 Å². The van der Waals surface area contributed by atoms with Gasteiger partial charge < -0.3 is 9.47 Å². The predicted molar refractivity (Wildman–Crippen MR) is 54.3 cm³/mol. The molecule has 0 saturated carbocycles. The minimum absolute atomic E-state index is 0.349. The highest BCUT2D eigenvalue weighted by Gasteiger charge is 2.34. The molecule has 0 N–H and O–H groups in total. The summed E-state index contributed by atoms with van der Waals surface area (Å²) in [6, 6.07) is 5.27. The second-order valence-electron chi connectivity index (χ2n) is 3.51. The molecular formula is C10H9BrO3. The molecule has 0 spiro atoms. The molecule has 2 rings (SSSR count). The van der Waals surface area contributed by atoms with Gasteiger partial charge in [-0.3, -0.25) is 0 Å². The molecule has 74 valence electrons. The quantitative estimate of drug-likeness (QED) is 0.670. The molecule has 0 aromatic heterocycles. The normalized spacial score (nSPS) is 18.1. The minimum Gasteiger partial charge on any atom is -0.451 e. The van der Waals surface area contributed by atoms with E-state index in [1.165, 1.54) is 0 Å². The molecule has 1 aliphatic rings. The fraction of sp³-hybridized carbons (Fsp3) is 0.300. The molecule has 0 saturated heterocycles. The lowest BCUT2D eigenvalue weighted by Crippen LogP contribution is -2.38. The van der Waals surface area contributed by atoms with E-state index in [4.69, 9.17) is 9.47 Å². The topological polar surface area (TPSA) is 35.5 Å². The summed E-state index contributed by atoms with van der Waals surface area (Å²) in [4.78, 5) is 11.5. The van der Waals surface area contributed by atoms with Crippen LogP contribution in [0.1, 0.15) is 24.2 Å². The van der Waals surface area contributed by atoms with Gasteiger partial charge in [0.25, 0.3) is 0 Å². The first-order valence-electron chi connectivity index (χ1n) is 4.20. The van der Waals surface area contributed by atoms with E-state index >= 15 is 0 Å². The highest BCUT2D eigenvalue weighted by Crippen LogP contribution is 2.36. The van der Waals surface area contributed by atoms with Gasteiger partial charge >= 0.3 is 5.97 Å². The zero-order valence-corrected chi connectivity index (χ0v) is 9.42.